The standard InChI is InChI=1S/C26H28O3/c1-29-25-13-6-5-12-24(25)22-17-14-21(15-18-22)16-19-23(26(27)28)11-7-10-20-8-3-2-4-9-20/h2-6,8-9,12-15,17-18,23H,7,10-11,16,19H2,1H3,(H,27,28). The molecule has 0 bridgehead atoms. The number of benzene rings is 3. The number of ether oxygens (including phenoxy) is 1. The number of aliphatic carboxylic acids is 1. The molecule has 0 fully saturated rings. The van der Waals surface area contributed by atoms with Gasteiger partial charge in [0, 0.05) is 5.56 Å². The average molecular weight is 389 g/mol. The van der Waals surface area contributed by atoms with Gasteiger partial charge in [-0.3, -0.25) is 4.79 Å². The number of methoxy groups -OCH3 is 1. The number of carboxylic acids is 1. The van der Waals surface area contributed by atoms with E-state index >= 15 is 0 Å². The van der Waals surface area contributed by atoms with Crippen LogP contribution in [-0.4, -0.2) is 18.2 Å². The van der Waals surface area contributed by atoms with Crippen LogP contribution in [0.5, 0.6) is 5.75 Å². The number of aryl methyl sites for hydroxylation is 2. The van der Waals surface area contributed by atoms with Crippen molar-refractivity contribution in [3.8, 4) is 16.9 Å². The second kappa shape index (κ2) is 10.5. The first-order valence-corrected chi connectivity index (χ1v) is 10.2. The molecular formula is C26H28O3. The van der Waals surface area contributed by atoms with Crippen LogP contribution in [0.1, 0.15) is 30.4 Å². The monoisotopic (exact) mass is 388 g/mol. The van der Waals surface area contributed by atoms with Crippen LogP contribution < -0.4 is 4.74 Å². The SMILES string of the molecule is COc1ccccc1-c1ccc(CCC(CCCc2ccccc2)C(=O)O)cc1. The van der Waals surface area contributed by atoms with Crippen LogP contribution >= 0.6 is 0 Å². The van der Waals surface area contributed by atoms with Crippen LogP contribution in [0, 0.1) is 5.92 Å². The molecule has 0 aliphatic rings. The molecule has 1 unspecified atom stereocenters. The number of hydrogen-bond acceptors (Lipinski definition) is 2. The highest BCUT2D eigenvalue weighted by Crippen LogP contribution is 2.30. The minimum atomic E-state index is -0.691. The maximum Gasteiger partial charge on any atom is 0.306 e. The molecule has 3 nitrogen and oxygen atoms in total. The summed E-state index contributed by atoms with van der Waals surface area (Å²) in [4.78, 5) is 11.7. The Labute approximate surface area is 173 Å². The molecule has 0 spiro atoms. The summed E-state index contributed by atoms with van der Waals surface area (Å²) in [5.41, 5.74) is 4.59. The van der Waals surface area contributed by atoms with Gasteiger partial charge in [-0.05, 0) is 54.9 Å². The molecule has 3 heteroatoms. The number of carbonyl (C=O) groups is 1. The van der Waals surface area contributed by atoms with E-state index in [0.717, 1.165) is 41.7 Å². The summed E-state index contributed by atoms with van der Waals surface area (Å²) < 4.78 is 5.44. The summed E-state index contributed by atoms with van der Waals surface area (Å²) in [7, 11) is 1.68. The zero-order valence-electron chi connectivity index (χ0n) is 16.9. The number of hydrogen-bond donors (Lipinski definition) is 1. The third kappa shape index (κ3) is 5.95. The lowest BCUT2D eigenvalue weighted by molar-refractivity contribution is -0.142. The van der Waals surface area contributed by atoms with Crippen LogP contribution in [0.2, 0.25) is 0 Å². The highest BCUT2D eigenvalue weighted by atomic mass is 16.5. The number of carboxylic acid groups (broad SMARTS) is 1. The lowest BCUT2D eigenvalue weighted by atomic mass is 9.93. The molecule has 0 amide bonds. The average Bonchev–Trinajstić information content (AvgIpc) is 2.77. The zero-order chi connectivity index (χ0) is 20.5. The van der Waals surface area contributed by atoms with Crippen molar-refractivity contribution in [1.82, 2.24) is 0 Å². The molecule has 0 aromatic heterocycles. The Hall–Kier alpha value is -3.07. The third-order valence-electron chi connectivity index (χ3n) is 5.36. The molecule has 1 atom stereocenters. The molecule has 29 heavy (non-hydrogen) atoms. The maximum absolute atomic E-state index is 11.7. The van der Waals surface area contributed by atoms with E-state index in [0.29, 0.717) is 12.8 Å². The van der Waals surface area contributed by atoms with Crippen LogP contribution in [0.4, 0.5) is 0 Å². The molecule has 0 aliphatic heterocycles. The molecule has 0 heterocycles. The predicted octanol–water partition coefficient (Wildman–Crippen LogP) is 6.02. The number of para-hydroxylation sites is 1. The fourth-order valence-electron chi connectivity index (χ4n) is 3.66. The first-order chi connectivity index (χ1) is 14.2. The molecule has 3 aromatic rings. The summed E-state index contributed by atoms with van der Waals surface area (Å²) in [6.07, 6.45) is 3.97. The van der Waals surface area contributed by atoms with Gasteiger partial charge in [0.2, 0.25) is 0 Å². The lowest BCUT2D eigenvalue weighted by Gasteiger charge is -2.13. The summed E-state index contributed by atoms with van der Waals surface area (Å²) in [6.45, 7) is 0. The van der Waals surface area contributed by atoms with Crippen LogP contribution in [0.25, 0.3) is 11.1 Å². The minimum Gasteiger partial charge on any atom is -0.496 e. The van der Waals surface area contributed by atoms with Crippen molar-refractivity contribution in [2.45, 2.75) is 32.1 Å². The summed E-state index contributed by atoms with van der Waals surface area (Å²) in [6, 6.07) is 26.5. The summed E-state index contributed by atoms with van der Waals surface area (Å²) in [5, 5.41) is 9.59. The Bertz CT molecular complexity index is 901. The Morgan fingerprint density at radius 3 is 2.17 bits per heavy atom. The fourth-order valence-corrected chi connectivity index (χ4v) is 3.66. The Morgan fingerprint density at radius 1 is 0.828 bits per heavy atom. The van der Waals surface area contributed by atoms with E-state index in [9.17, 15) is 9.90 Å². The molecule has 3 rings (SSSR count). The van der Waals surface area contributed by atoms with Gasteiger partial charge < -0.3 is 9.84 Å². The minimum absolute atomic E-state index is 0.299. The summed E-state index contributed by atoms with van der Waals surface area (Å²) in [5.74, 6) is -0.138. The highest BCUT2D eigenvalue weighted by molar-refractivity contribution is 5.71. The molecular weight excluding hydrogens is 360 g/mol. The normalized spacial score (nSPS) is 11.8. The number of rotatable bonds is 10. The van der Waals surface area contributed by atoms with E-state index < -0.39 is 5.97 Å². The van der Waals surface area contributed by atoms with Gasteiger partial charge in [-0.25, -0.2) is 0 Å². The first-order valence-electron chi connectivity index (χ1n) is 10.2. The first kappa shape index (κ1) is 20.7. The molecule has 0 saturated heterocycles. The van der Waals surface area contributed by atoms with Crippen molar-refractivity contribution in [3.05, 3.63) is 90.0 Å². The zero-order valence-corrected chi connectivity index (χ0v) is 16.9. The Morgan fingerprint density at radius 2 is 1.48 bits per heavy atom. The van der Waals surface area contributed by atoms with Crippen molar-refractivity contribution >= 4 is 5.97 Å². The highest BCUT2D eigenvalue weighted by Gasteiger charge is 2.17. The van der Waals surface area contributed by atoms with Gasteiger partial charge in [-0.15, -0.1) is 0 Å². The second-order valence-electron chi connectivity index (χ2n) is 7.35. The van der Waals surface area contributed by atoms with Gasteiger partial charge in [0.05, 0.1) is 13.0 Å². The van der Waals surface area contributed by atoms with Crippen molar-refractivity contribution in [3.63, 3.8) is 0 Å². The van der Waals surface area contributed by atoms with Crippen molar-refractivity contribution in [2.24, 2.45) is 5.92 Å². The van der Waals surface area contributed by atoms with E-state index in [1.54, 1.807) is 7.11 Å². The molecule has 3 aromatic carbocycles. The van der Waals surface area contributed by atoms with E-state index in [-0.39, 0.29) is 5.92 Å². The van der Waals surface area contributed by atoms with Crippen molar-refractivity contribution < 1.29 is 14.6 Å². The van der Waals surface area contributed by atoms with Crippen LogP contribution in [0.15, 0.2) is 78.9 Å². The van der Waals surface area contributed by atoms with Crippen LogP contribution in [0.3, 0.4) is 0 Å². The van der Waals surface area contributed by atoms with Gasteiger partial charge >= 0.3 is 5.97 Å². The van der Waals surface area contributed by atoms with E-state index in [4.69, 9.17) is 4.74 Å². The predicted molar refractivity (Wildman–Crippen MR) is 117 cm³/mol. The Balaban J connectivity index is 1.55. The molecule has 0 aliphatic carbocycles. The van der Waals surface area contributed by atoms with Crippen molar-refractivity contribution in [2.75, 3.05) is 7.11 Å². The molecule has 0 radical (unpaired) electrons. The quantitative estimate of drug-likeness (QED) is 0.462. The fraction of sp³-hybridized carbons (Fsp3) is 0.269. The lowest BCUT2D eigenvalue weighted by Crippen LogP contribution is -2.15. The molecule has 0 saturated carbocycles. The van der Waals surface area contributed by atoms with E-state index in [2.05, 4.69) is 36.4 Å². The van der Waals surface area contributed by atoms with E-state index in [1.165, 1.54) is 5.56 Å². The largest absolute Gasteiger partial charge is 0.496 e. The van der Waals surface area contributed by atoms with Gasteiger partial charge in [-0.2, -0.15) is 0 Å². The van der Waals surface area contributed by atoms with Gasteiger partial charge in [0.15, 0.2) is 0 Å². The second-order valence-corrected chi connectivity index (χ2v) is 7.35. The van der Waals surface area contributed by atoms with Crippen molar-refractivity contribution in [1.29, 1.82) is 0 Å². The van der Waals surface area contributed by atoms with Gasteiger partial charge in [0.25, 0.3) is 0 Å². The third-order valence-corrected chi connectivity index (χ3v) is 5.36. The van der Waals surface area contributed by atoms with Gasteiger partial charge in [-0.1, -0.05) is 72.8 Å². The van der Waals surface area contributed by atoms with E-state index in [1.807, 2.05) is 42.5 Å². The van der Waals surface area contributed by atoms with Gasteiger partial charge in [0.1, 0.15) is 5.75 Å². The maximum atomic E-state index is 11.7. The smallest absolute Gasteiger partial charge is 0.306 e. The Kier molecular flexibility index (Phi) is 7.46. The summed E-state index contributed by atoms with van der Waals surface area (Å²) >= 11 is 0. The van der Waals surface area contributed by atoms with Crippen LogP contribution in [-0.2, 0) is 17.6 Å². The molecule has 150 valence electrons. The topological polar surface area (TPSA) is 46.5 Å². The molecule has 1 N–H and O–H groups in total.